The van der Waals surface area contributed by atoms with Crippen LogP contribution in [0.15, 0.2) is 64.9 Å². The fraction of sp³-hybridized carbons (Fsp3) is 0.286. The van der Waals surface area contributed by atoms with Gasteiger partial charge < -0.3 is 5.32 Å². The van der Waals surface area contributed by atoms with Gasteiger partial charge in [0.05, 0.1) is 0 Å². The third kappa shape index (κ3) is 5.47. The lowest BCUT2D eigenvalue weighted by Gasteiger charge is -2.29. The van der Waals surface area contributed by atoms with E-state index in [0.717, 1.165) is 16.1 Å². The van der Waals surface area contributed by atoms with Gasteiger partial charge in [0.2, 0.25) is 15.9 Å². The van der Waals surface area contributed by atoms with Gasteiger partial charge in [0, 0.05) is 35.0 Å². The van der Waals surface area contributed by atoms with Crippen molar-refractivity contribution in [2.45, 2.75) is 17.7 Å². The zero-order valence-corrected chi connectivity index (χ0v) is 17.4. The monoisotopic (exact) mass is 416 g/mol. The van der Waals surface area contributed by atoms with Crippen molar-refractivity contribution >= 4 is 39.5 Å². The molecule has 0 aliphatic carbocycles. The van der Waals surface area contributed by atoms with Crippen LogP contribution in [-0.2, 0) is 14.8 Å². The molecular formula is C21H24N2O3S2. The fourth-order valence-electron chi connectivity index (χ4n) is 3.13. The van der Waals surface area contributed by atoms with Crippen molar-refractivity contribution in [2.24, 2.45) is 5.92 Å². The second-order valence-electron chi connectivity index (χ2n) is 6.65. The van der Waals surface area contributed by atoms with Gasteiger partial charge in [0.15, 0.2) is 0 Å². The molecule has 2 aromatic rings. The molecule has 0 bridgehead atoms. The van der Waals surface area contributed by atoms with E-state index in [-0.39, 0.29) is 11.8 Å². The van der Waals surface area contributed by atoms with Gasteiger partial charge in [-0.1, -0.05) is 36.4 Å². The van der Waals surface area contributed by atoms with Crippen LogP contribution in [0.3, 0.4) is 0 Å². The summed E-state index contributed by atoms with van der Waals surface area (Å²) in [6.07, 6.45) is 4.63. The Bertz CT molecular complexity index is 935. The number of hydrogen-bond donors (Lipinski definition) is 1. The maximum atomic E-state index is 12.5. The van der Waals surface area contributed by atoms with Gasteiger partial charge in [0.1, 0.15) is 0 Å². The van der Waals surface area contributed by atoms with E-state index in [1.165, 1.54) is 9.71 Å². The molecule has 1 N–H and O–H groups in total. The molecule has 0 unspecified atom stereocenters. The van der Waals surface area contributed by atoms with E-state index >= 15 is 0 Å². The third-order valence-corrected chi connectivity index (χ3v) is 7.04. The number of nitrogens with zero attached hydrogens (tertiary/aromatic N) is 1. The first-order valence-corrected chi connectivity index (χ1v) is 11.9. The molecule has 1 fully saturated rings. The smallest absolute Gasteiger partial charge is 0.236 e. The lowest BCUT2D eigenvalue weighted by Crippen LogP contribution is -2.40. The first kappa shape index (κ1) is 20.6. The zero-order valence-electron chi connectivity index (χ0n) is 15.7. The Morgan fingerprint density at radius 3 is 2.50 bits per heavy atom. The van der Waals surface area contributed by atoms with Gasteiger partial charge in [-0.15, -0.1) is 11.8 Å². The molecule has 0 saturated carbocycles. The highest BCUT2D eigenvalue weighted by Crippen LogP contribution is 2.24. The topological polar surface area (TPSA) is 66.5 Å². The minimum Gasteiger partial charge on any atom is -0.326 e. The maximum absolute atomic E-state index is 12.5. The van der Waals surface area contributed by atoms with E-state index in [9.17, 15) is 13.2 Å². The van der Waals surface area contributed by atoms with Crippen molar-refractivity contribution in [3.8, 4) is 0 Å². The van der Waals surface area contributed by atoms with Crippen LogP contribution in [0.4, 0.5) is 5.69 Å². The maximum Gasteiger partial charge on any atom is 0.236 e. The van der Waals surface area contributed by atoms with Gasteiger partial charge in [-0.2, -0.15) is 4.31 Å². The van der Waals surface area contributed by atoms with Gasteiger partial charge in [-0.3, -0.25) is 4.79 Å². The van der Waals surface area contributed by atoms with Crippen LogP contribution < -0.4 is 5.32 Å². The number of carbonyl (C=O) groups excluding carboxylic acids is 1. The standard InChI is InChI=1S/C21H24N2O3S2/c1-27-20-9-5-8-19(16-20)22-21(24)18-10-13-23(14-11-18)28(25,26)15-12-17-6-3-2-4-7-17/h2-9,12,15-16,18H,10-11,13-14H2,1H3,(H,22,24). The molecule has 0 atom stereocenters. The van der Waals surface area contributed by atoms with Crippen LogP contribution in [0.1, 0.15) is 18.4 Å². The molecule has 0 aromatic heterocycles. The van der Waals surface area contributed by atoms with Gasteiger partial charge in [-0.05, 0) is 48.9 Å². The number of thioether (sulfide) groups is 1. The molecule has 3 rings (SSSR count). The van der Waals surface area contributed by atoms with E-state index in [1.54, 1.807) is 17.8 Å². The number of rotatable bonds is 6. The third-order valence-electron chi connectivity index (χ3n) is 4.75. The summed E-state index contributed by atoms with van der Waals surface area (Å²) >= 11 is 1.62. The van der Waals surface area contributed by atoms with Crippen LogP contribution in [-0.4, -0.2) is 38.0 Å². The highest BCUT2D eigenvalue weighted by molar-refractivity contribution is 7.98. The molecule has 1 heterocycles. The van der Waals surface area contributed by atoms with E-state index < -0.39 is 10.0 Å². The van der Waals surface area contributed by atoms with Gasteiger partial charge in [0.25, 0.3) is 0 Å². The number of nitrogens with one attached hydrogen (secondary N) is 1. The molecule has 0 spiro atoms. The SMILES string of the molecule is CSc1cccc(NC(=O)C2CCN(S(=O)(=O)C=Cc3ccccc3)CC2)c1. The van der Waals surface area contributed by atoms with Crippen LogP contribution in [0.2, 0.25) is 0 Å². The molecule has 148 valence electrons. The summed E-state index contributed by atoms with van der Waals surface area (Å²) in [7, 11) is -3.48. The number of benzene rings is 2. The fourth-order valence-corrected chi connectivity index (χ4v) is 4.81. The van der Waals surface area contributed by atoms with Crippen molar-refractivity contribution in [1.29, 1.82) is 0 Å². The Balaban J connectivity index is 1.56. The summed E-state index contributed by atoms with van der Waals surface area (Å²) in [6, 6.07) is 17.0. The van der Waals surface area contributed by atoms with Crippen LogP contribution in [0, 0.1) is 5.92 Å². The molecule has 1 aliphatic rings. The number of hydrogen-bond acceptors (Lipinski definition) is 4. The second kappa shape index (κ2) is 9.41. The molecular weight excluding hydrogens is 392 g/mol. The quantitative estimate of drug-likeness (QED) is 0.721. The molecule has 5 nitrogen and oxygen atoms in total. The minimum atomic E-state index is -3.48. The zero-order chi connectivity index (χ0) is 20.0. The summed E-state index contributed by atoms with van der Waals surface area (Å²) in [6.45, 7) is 0.703. The Morgan fingerprint density at radius 2 is 1.82 bits per heavy atom. The summed E-state index contributed by atoms with van der Waals surface area (Å²) in [4.78, 5) is 13.6. The Kier molecular flexibility index (Phi) is 6.93. The van der Waals surface area contributed by atoms with Crippen molar-refractivity contribution in [3.05, 3.63) is 65.6 Å². The van der Waals surface area contributed by atoms with Crippen molar-refractivity contribution < 1.29 is 13.2 Å². The van der Waals surface area contributed by atoms with Gasteiger partial charge >= 0.3 is 0 Å². The number of sulfonamides is 1. The predicted molar refractivity (Wildman–Crippen MR) is 116 cm³/mol. The highest BCUT2D eigenvalue weighted by Gasteiger charge is 2.30. The normalized spacial score (nSPS) is 16.3. The number of piperidine rings is 1. The molecule has 28 heavy (non-hydrogen) atoms. The molecule has 1 saturated heterocycles. The lowest BCUT2D eigenvalue weighted by molar-refractivity contribution is -0.120. The molecule has 7 heteroatoms. The van der Waals surface area contributed by atoms with Crippen molar-refractivity contribution in [1.82, 2.24) is 4.31 Å². The van der Waals surface area contributed by atoms with E-state index in [2.05, 4.69) is 5.32 Å². The van der Waals surface area contributed by atoms with Crippen molar-refractivity contribution in [3.63, 3.8) is 0 Å². The summed E-state index contributed by atoms with van der Waals surface area (Å²) in [5, 5.41) is 4.20. The molecule has 1 amide bonds. The number of anilines is 1. The Labute approximate surface area is 170 Å². The van der Waals surface area contributed by atoms with Gasteiger partial charge in [-0.25, -0.2) is 8.42 Å². The Morgan fingerprint density at radius 1 is 1.11 bits per heavy atom. The first-order chi connectivity index (χ1) is 13.5. The molecule has 2 aromatic carbocycles. The van der Waals surface area contributed by atoms with Crippen LogP contribution in [0.25, 0.3) is 6.08 Å². The molecule has 0 radical (unpaired) electrons. The number of carbonyl (C=O) groups is 1. The van der Waals surface area contributed by atoms with E-state index in [1.807, 2.05) is 60.9 Å². The van der Waals surface area contributed by atoms with E-state index in [4.69, 9.17) is 0 Å². The average molecular weight is 417 g/mol. The molecule has 1 aliphatic heterocycles. The Hall–Kier alpha value is -2.09. The average Bonchev–Trinajstić information content (AvgIpc) is 2.73. The first-order valence-electron chi connectivity index (χ1n) is 9.16. The van der Waals surface area contributed by atoms with Crippen LogP contribution in [0.5, 0.6) is 0 Å². The largest absolute Gasteiger partial charge is 0.326 e. The second-order valence-corrected chi connectivity index (χ2v) is 9.35. The summed E-state index contributed by atoms with van der Waals surface area (Å²) in [5.74, 6) is -0.224. The minimum absolute atomic E-state index is 0.0462. The van der Waals surface area contributed by atoms with E-state index in [0.29, 0.717) is 25.9 Å². The predicted octanol–water partition coefficient (Wildman–Crippen LogP) is 4.06. The van der Waals surface area contributed by atoms with Crippen LogP contribution >= 0.6 is 11.8 Å². The summed E-state index contributed by atoms with van der Waals surface area (Å²) < 4.78 is 26.5. The summed E-state index contributed by atoms with van der Waals surface area (Å²) in [5.41, 5.74) is 1.62. The lowest BCUT2D eigenvalue weighted by atomic mass is 9.97. The number of amides is 1. The van der Waals surface area contributed by atoms with Crippen molar-refractivity contribution in [2.75, 3.05) is 24.7 Å². The highest BCUT2D eigenvalue weighted by atomic mass is 32.2.